The lowest BCUT2D eigenvalue weighted by Crippen LogP contribution is -2.41. The third kappa shape index (κ3) is 3.68. The highest BCUT2D eigenvalue weighted by Crippen LogP contribution is 2.22. The van der Waals surface area contributed by atoms with Crippen LogP contribution in [0.15, 0.2) is 0 Å². The monoisotopic (exact) mass is 246 g/mol. The zero-order valence-corrected chi connectivity index (χ0v) is 10.5. The molecule has 2 N–H and O–H groups in total. The summed E-state index contributed by atoms with van der Waals surface area (Å²) in [5.74, 6) is 0.286. The zero-order valence-electron chi connectivity index (χ0n) is 9.64. The number of carbonyl (C=O) groups is 2. The Morgan fingerprint density at radius 1 is 1.56 bits per heavy atom. The van der Waals surface area contributed by atoms with E-state index in [1.807, 2.05) is 0 Å². The molecule has 1 heterocycles. The summed E-state index contributed by atoms with van der Waals surface area (Å²) in [4.78, 5) is 24.4. The number of hydrogen-bond acceptors (Lipinski definition) is 5. The normalized spacial score (nSPS) is 21.3. The molecule has 0 radical (unpaired) electrons. The minimum absolute atomic E-state index is 0.0241. The van der Waals surface area contributed by atoms with Crippen LogP contribution in [0.1, 0.15) is 26.7 Å². The quantitative estimate of drug-likeness (QED) is 0.737. The molecule has 5 nitrogen and oxygen atoms in total. The van der Waals surface area contributed by atoms with Crippen molar-refractivity contribution in [2.45, 2.75) is 38.8 Å². The Labute approximate surface area is 99.9 Å². The van der Waals surface area contributed by atoms with Crippen molar-refractivity contribution < 1.29 is 13.8 Å². The van der Waals surface area contributed by atoms with Gasteiger partial charge in [0.2, 0.25) is 0 Å². The Morgan fingerprint density at radius 3 is 2.81 bits per heavy atom. The van der Waals surface area contributed by atoms with Gasteiger partial charge in [0.15, 0.2) is 5.78 Å². The first-order chi connectivity index (χ1) is 7.52. The van der Waals surface area contributed by atoms with E-state index in [0.29, 0.717) is 6.04 Å². The summed E-state index contributed by atoms with van der Waals surface area (Å²) in [5.41, 5.74) is 4.80. The van der Waals surface area contributed by atoms with Crippen LogP contribution in [0.25, 0.3) is 0 Å². The second kappa shape index (κ2) is 6.10. The van der Waals surface area contributed by atoms with Crippen molar-refractivity contribution in [2.75, 3.05) is 12.3 Å². The Bertz CT molecular complexity index is 271. The van der Waals surface area contributed by atoms with E-state index < -0.39 is 6.09 Å². The molecule has 1 aliphatic rings. The molecule has 1 atom stereocenters. The first kappa shape index (κ1) is 13.3. The summed E-state index contributed by atoms with van der Waals surface area (Å²) in [6, 6.07) is 0.350. The summed E-state index contributed by atoms with van der Waals surface area (Å²) in [6.07, 6.45) is 1.09. The maximum atomic E-state index is 11.8. The van der Waals surface area contributed by atoms with Gasteiger partial charge in [-0.3, -0.25) is 9.69 Å². The molecular formula is C10H18N2O3S. The van der Waals surface area contributed by atoms with Gasteiger partial charge < -0.3 is 9.92 Å². The minimum Gasteiger partial charge on any atom is -0.375 e. The number of amides is 1. The fourth-order valence-corrected chi connectivity index (χ4v) is 2.48. The molecular weight excluding hydrogens is 228 g/mol. The molecule has 0 aromatic heterocycles. The van der Waals surface area contributed by atoms with Crippen molar-refractivity contribution in [2.24, 2.45) is 5.73 Å². The third-order valence-electron chi connectivity index (χ3n) is 2.67. The minimum atomic E-state index is -0.857. The van der Waals surface area contributed by atoms with Crippen LogP contribution in [-0.4, -0.2) is 41.2 Å². The summed E-state index contributed by atoms with van der Waals surface area (Å²) in [6.45, 7) is 5.13. The van der Waals surface area contributed by atoms with Crippen LogP contribution in [0, 0.1) is 0 Å². The Kier molecular flexibility index (Phi) is 5.08. The van der Waals surface area contributed by atoms with Gasteiger partial charge in [-0.25, -0.2) is 4.79 Å². The molecule has 1 aliphatic heterocycles. The molecule has 0 bridgehead atoms. The van der Waals surface area contributed by atoms with Crippen molar-refractivity contribution >= 4 is 23.9 Å². The number of carbonyl (C=O) groups excluding carboxylic acids is 2. The molecule has 1 unspecified atom stereocenters. The van der Waals surface area contributed by atoms with E-state index in [2.05, 4.69) is 22.9 Å². The first-order valence-electron chi connectivity index (χ1n) is 5.39. The third-order valence-corrected chi connectivity index (χ3v) is 3.36. The van der Waals surface area contributed by atoms with Gasteiger partial charge in [0.25, 0.3) is 0 Å². The smallest absolute Gasteiger partial charge is 0.375 e. The van der Waals surface area contributed by atoms with Gasteiger partial charge in [-0.2, -0.15) is 0 Å². The largest absolute Gasteiger partial charge is 0.416 e. The summed E-state index contributed by atoms with van der Waals surface area (Å²) < 4.78 is 4.48. The Balaban J connectivity index is 2.38. The van der Waals surface area contributed by atoms with Crippen molar-refractivity contribution in [1.29, 1.82) is 0 Å². The molecule has 16 heavy (non-hydrogen) atoms. The highest BCUT2D eigenvalue weighted by atomic mass is 32.2. The van der Waals surface area contributed by atoms with Gasteiger partial charge in [-0.05, 0) is 33.2 Å². The fourth-order valence-electron chi connectivity index (χ4n) is 1.99. The molecule has 1 amide bonds. The van der Waals surface area contributed by atoms with Crippen molar-refractivity contribution in [3.8, 4) is 0 Å². The Morgan fingerprint density at radius 2 is 2.25 bits per heavy atom. The molecule has 1 saturated heterocycles. The molecule has 0 aromatic rings. The number of hydrogen-bond donors (Lipinski definition) is 1. The lowest BCUT2D eigenvalue weighted by atomic mass is 10.1. The number of primary amides is 1. The van der Waals surface area contributed by atoms with E-state index >= 15 is 0 Å². The molecule has 6 heteroatoms. The maximum Gasteiger partial charge on any atom is 0.416 e. The van der Waals surface area contributed by atoms with Gasteiger partial charge in [-0.15, -0.1) is 0 Å². The predicted octanol–water partition coefficient (Wildman–Crippen LogP) is 1.17. The van der Waals surface area contributed by atoms with E-state index in [1.165, 1.54) is 0 Å². The highest BCUT2D eigenvalue weighted by molar-refractivity contribution is 7.95. The van der Waals surface area contributed by atoms with E-state index in [0.717, 1.165) is 31.4 Å². The van der Waals surface area contributed by atoms with Gasteiger partial charge in [0.05, 0.1) is 23.8 Å². The van der Waals surface area contributed by atoms with Crippen LogP contribution < -0.4 is 5.73 Å². The average Bonchev–Trinajstić information content (AvgIpc) is 2.65. The number of nitrogens with two attached hydrogens (primary N) is 1. The van der Waals surface area contributed by atoms with E-state index in [-0.39, 0.29) is 17.6 Å². The number of ketones is 1. The average molecular weight is 246 g/mol. The summed E-state index contributed by atoms with van der Waals surface area (Å²) in [7, 11) is 0. The van der Waals surface area contributed by atoms with Gasteiger partial charge >= 0.3 is 6.09 Å². The van der Waals surface area contributed by atoms with Crippen molar-refractivity contribution in [1.82, 2.24) is 4.90 Å². The number of likely N-dealkylation sites (tertiary alicyclic amines) is 1. The topological polar surface area (TPSA) is 72.6 Å². The van der Waals surface area contributed by atoms with E-state index in [4.69, 9.17) is 5.73 Å². The van der Waals surface area contributed by atoms with Gasteiger partial charge in [0.1, 0.15) is 0 Å². The van der Waals surface area contributed by atoms with E-state index in [1.54, 1.807) is 0 Å². The van der Waals surface area contributed by atoms with Crippen LogP contribution in [0.2, 0.25) is 0 Å². The van der Waals surface area contributed by atoms with E-state index in [9.17, 15) is 9.59 Å². The van der Waals surface area contributed by atoms with Crippen LogP contribution in [0.5, 0.6) is 0 Å². The maximum absolute atomic E-state index is 11.8. The number of nitrogens with zero attached hydrogens (tertiary/aromatic N) is 1. The fraction of sp³-hybridized carbons (Fsp3) is 0.800. The molecule has 0 spiro atoms. The first-order valence-corrected chi connectivity index (χ1v) is 6.30. The van der Waals surface area contributed by atoms with Crippen molar-refractivity contribution in [3.05, 3.63) is 0 Å². The van der Waals surface area contributed by atoms with Crippen LogP contribution in [0.3, 0.4) is 0 Å². The number of Topliss-reactive ketones (excluding diaryl/α,β-unsaturated/α-hetero) is 1. The molecule has 1 fully saturated rings. The summed E-state index contributed by atoms with van der Waals surface area (Å²) >= 11 is 0.819. The van der Waals surface area contributed by atoms with Gasteiger partial charge in [-0.1, -0.05) is 0 Å². The predicted molar refractivity (Wildman–Crippen MR) is 63.0 cm³/mol. The zero-order chi connectivity index (χ0) is 12.1. The highest BCUT2D eigenvalue weighted by Gasteiger charge is 2.31. The SMILES string of the molecule is CC(C)N1CCCC1C(=O)CSOC(N)=O. The molecule has 0 saturated carbocycles. The van der Waals surface area contributed by atoms with Crippen LogP contribution >= 0.6 is 12.0 Å². The second-order valence-corrected chi connectivity index (χ2v) is 4.81. The molecule has 0 aliphatic carbocycles. The Hall–Kier alpha value is -0.750. The van der Waals surface area contributed by atoms with Crippen LogP contribution in [-0.2, 0) is 8.98 Å². The molecule has 0 aromatic carbocycles. The molecule has 1 rings (SSSR count). The summed E-state index contributed by atoms with van der Waals surface area (Å²) in [5, 5.41) is 0. The standard InChI is InChI=1S/C10H18N2O3S/c1-7(2)12-5-3-4-8(12)9(13)6-16-15-10(11)14/h7-8H,3-6H2,1-2H3,(H2,11,14). The van der Waals surface area contributed by atoms with Gasteiger partial charge in [0, 0.05) is 6.04 Å². The van der Waals surface area contributed by atoms with Crippen molar-refractivity contribution in [3.63, 3.8) is 0 Å². The number of rotatable bonds is 5. The van der Waals surface area contributed by atoms with Crippen LogP contribution in [0.4, 0.5) is 4.79 Å². The second-order valence-electron chi connectivity index (χ2n) is 4.12. The lowest BCUT2D eigenvalue weighted by molar-refractivity contribution is -0.121. The lowest BCUT2D eigenvalue weighted by Gasteiger charge is -2.26. The molecule has 92 valence electrons.